The van der Waals surface area contributed by atoms with Gasteiger partial charge in [-0.05, 0) is 48.9 Å². The van der Waals surface area contributed by atoms with E-state index in [4.69, 9.17) is 0 Å². The monoisotopic (exact) mass is 503 g/mol. The summed E-state index contributed by atoms with van der Waals surface area (Å²) < 4.78 is 3.79. The number of hydrogen-bond donors (Lipinski definition) is 2. The largest absolute Gasteiger partial charge is 0.357 e. The summed E-state index contributed by atoms with van der Waals surface area (Å²) in [7, 11) is 0. The maximum absolute atomic E-state index is 12.7. The lowest BCUT2D eigenvalue weighted by Gasteiger charge is -2.17. The van der Waals surface area contributed by atoms with Gasteiger partial charge in [0.1, 0.15) is 6.33 Å². The SMILES string of the molecule is CCC(NNC(=O)/N=c1\sccn1-c1cc(C)ccc1C(C)C)c1ccc(-c2ncn(CC)n2)cc1. The Balaban J connectivity index is 1.47. The summed E-state index contributed by atoms with van der Waals surface area (Å²) in [5.41, 5.74) is 11.3. The number of nitrogens with one attached hydrogen (secondary N) is 2. The lowest BCUT2D eigenvalue weighted by atomic mass is 9.99. The molecular weight excluding hydrogens is 470 g/mol. The van der Waals surface area contributed by atoms with Gasteiger partial charge in [-0.25, -0.2) is 15.2 Å². The zero-order chi connectivity index (χ0) is 25.7. The van der Waals surface area contributed by atoms with E-state index in [1.54, 1.807) is 11.0 Å². The highest BCUT2D eigenvalue weighted by Crippen LogP contribution is 2.24. The summed E-state index contributed by atoms with van der Waals surface area (Å²) in [5.74, 6) is 1.06. The van der Waals surface area contributed by atoms with Crippen LogP contribution in [0.4, 0.5) is 4.79 Å². The van der Waals surface area contributed by atoms with Crippen molar-refractivity contribution in [1.82, 2.24) is 30.2 Å². The molecule has 0 aliphatic carbocycles. The summed E-state index contributed by atoms with van der Waals surface area (Å²) in [4.78, 5) is 22.1. The second-order valence-corrected chi connectivity index (χ2v) is 9.84. The van der Waals surface area contributed by atoms with Crippen molar-refractivity contribution in [2.45, 2.75) is 59.5 Å². The fourth-order valence-electron chi connectivity index (χ4n) is 4.02. The van der Waals surface area contributed by atoms with Gasteiger partial charge in [-0.2, -0.15) is 10.1 Å². The average Bonchev–Trinajstić information content (AvgIpc) is 3.54. The smallest absolute Gasteiger partial charge is 0.292 e. The molecule has 2 aromatic heterocycles. The quantitative estimate of drug-likeness (QED) is 0.310. The molecule has 2 amide bonds. The van der Waals surface area contributed by atoms with E-state index in [0.29, 0.717) is 16.5 Å². The Kier molecular flexibility index (Phi) is 8.12. The van der Waals surface area contributed by atoms with Crippen LogP contribution in [0.25, 0.3) is 17.1 Å². The van der Waals surface area contributed by atoms with Gasteiger partial charge < -0.3 is 0 Å². The fraction of sp³-hybridized carbons (Fsp3) is 0.333. The number of thiazole rings is 1. The first-order valence-electron chi connectivity index (χ1n) is 12.3. The number of carbonyl (C=O) groups is 1. The topological polar surface area (TPSA) is 89.1 Å². The van der Waals surface area contributed by atoms with Crippen LogP contribution in [0.1, 0.15) is 62.8 Å². The van der Waals surface area contributed by atoms with Gasteiger partial charge >= 0.3 is 6.03 Å². The Morgan fingerprint density at radius 3 is 2.58 bits per heavy atom. The van der Waals surface area contributed by atoms with Crippen molar-refractivity contribution in [3.05, 3.63) is 81.9 Å². The molecule has 8 nitrogen and oxygen atoms in total. The zero-order valence-corrected chi connectivity index (χ0v) is 22.2. The number of nitrogens with zero attached hydrogens (tertiary/aromatic N) is 5. The Morgan fingerprint density at radius 1 is 1.14 bits per heavy atom. The maximum atomic E-state index is 12.7. The van der Waals surface area contributed by atoms with Crippen LogP contribution in [0.3, 0.4) is 0 Å². The number of benzene rings is 2. The molecule has 2 N–H and O–H groups in total. The van der Waals surface area contributed by atoms with Crippen LogP contribution in [0.2, 0.25) is 0 Å². The van der Waals surface area contributed by atoms with E-state index < -0.39 is 6.03 Å². The Labute approximate surface area is 215 Å². The molecule has 0 aliphatic heterocycles. The average molecular weight is 504 g/mol. The lowest BCUT2D eigenvalue weighted by Crippen LogP contribution is -2.39. The van der Waals surface area contributed by atoms with Crippen molar-refractivity contribution >= 4 is 17.4 Å². The van der Waals surface area contributed by atoms with E-state index in [1.807, 2.05) is 47.3 Å². The molecule has 4 rings (SSSR count). The van der Waals surface area contributed by atoms with Crippen LogP contribution in [0.15, 0.2) is 65.4 Å². The molecule has 0 fully saturated rings. The van der Waals surface area contributed by atoms with Crippen molar-refractivity contribution in [1.29, 1.82) is 0 Å². The molecular formula is C27H33N7OS. The van der Waals surface area contributed by atoms with Crippen molar-refractivity contribution < 1.29 is 4.79 Å². The first-order chi connectivity index (χ1) is 17.4. The predicted octanol–water partition coefficient (Wildman–Crippen LogP) is 5.52. The van der Waals surface area contributed by atoms with E-state index in [-0.39, 0.29) is 6.04 Å². The van der Waals surface area contributed by atoms with Gasteiger partial charge in [0.15, 0.2) is 10.6 Å². The third-order valence-electron chi connectivity index (χ3n) is 6.05. The Hall–Kier alpha value is -3.56. The van der Waals surface area contributed by atoms with E-state index in [1.165, 1.54) is 16.9 Å². The molecule has 188 valence electrons. The second-order valence-electron chi connectivity index (χ2n) is 8.97. The fourth-order valence-corrected chi connectivity index (χ4v) is 4.73. The van der Waals surface area contributed by atoms with Gasteiger partial charge in [-0.3, -0.25) is 14.7 Å². The number of carbonyl (C=O) groups excluding carboxylic acids is 1. The first-order valence-corrected chi connectivity index (χ1v) is 13.1. The Morgan fingerprint density at radius 2 is 1.92 bits per heavy atom. The maximum Gasteiger partial charge on any atom is 0.357 e. The molecule has 1 atom stereocenters. The number of rotatable bonds is 8. The van der Waals surface area contributed by atoms with Gasteiger partial charge in [-0.15, -0.1) is 11.3 Å². The normalized spacial score (nSPS) is 12.8. The standard InChI is InChI=1S/C27H33N7OS/c1-6-23(20-9-11-21(12-10-20)25-28-17-33(7-2)32-25)30-31-26(35)29-27-34(14-15-36-27)24-16-19(5)8-13-22(24)18(3)4/h8-18,23,30H,6-7H2,1-5H3,(H,31,35)/b29-27-. The molecule has 0 spiro atoms. The minimum absolute atomic E-state index is 0.0564. The molecule has 0 aliphatic rings. The van der Waals surface area contributed by atoms with Gasteiger partial charge in [0.2, 0.25) is 0 Å². The van der Waals surface area contributed by atoms with Crippen molar-refractivity contribution in [2.75, 3.05) is 0 Å². The molecule has 0 bridgehead atoms. The summed E-state index contributed by atoms with van der Waals surface area (Å²) in [6.07, 6.45) is 4.49. The predicted molar refractivity (Wildman–Crippen MR) is 144 cm³/mol. The van der Waals surface area contributed by atoms with Gasteiger partial charge in [0.05, 0.1) is 11.7 Å². The van der Waals surface area contributed by atoms with E-state index in [2.05, 4.69) is 71.8 Å². The van der Waals surface area contributed by atoms with Crippen molar-refractivity contribution in [3.63, 3.8) is 0 Å². The minimum Gasteiger partial charge on any atom is -0.292 e. The number of amides is 2. The highest BCUT2D eigenvalue weighted by molar-refractivity contribution is 7.07. The van der Waals surface area contributed by atoms with Crippen molar-refractivity contribution in [2.24, 2.45) is 4.99 Å². The summed E-state index contributed by atoms with van der Waals surface area (Å²) in [5, 5.41) is 6.40. The van der Waals surface area contributed by atoms with Crippen LogP contribution in [-0.4, -0.2) is 25.4 Å². The number of aryl methyl sites for hydroxylation is 2. The van der Waals surface area contributed by atoms with Crippen molar-refractivity contribution in [3.8, 4) is 17.1 Å². The molecule has 36 heavy (non-hydrogen) atoms. The molecule has 9 heteroatoms. The summed E-state index contributed by atoms with van der Waals surface area (Å²) in [6.45, 7) is 11.3. The molecule has 4 aromatic rings. The number of aromatic nitrogens is 4. The number of urea groups is 1. The van der Waals surface area contributed by atoms with Crippen LogP contribution in [0, 0.1) is 6.92 Å². The minimum atomic E-state index is -0.436. The zero-order valence-electron chi connectivity index (χ0n) is 21.4. The molecule has 0 saturated carbocycles. The van der Waals surface area contributed by atoms with Gasteiger partial charge in [0.25, 0.3) is 0 Å². The summed E-state index contributed by atoms with van der Waals surface area (Å²) >= 11 is 1.43. The highest BCUT2D eigenvalue weighted by atomic mass is 32.1. The molecule has 0 saturated heterocycles. The summed E-state index contributed by atoms with van der Waals surface area (Å²) in [6, 6.07) is 14.0. The van der Waals surface area contributed by atoms with Crippen LogP contribution < -0.4 is 15.7 Å². The molecule has 2 heterocycles. The second kappa shape index (κ2) is 11.5. The Bertz CT molecular complexity index is 1380. The first kappa shape index (κ1) is 25.5. The highest BCUT2D eigenvalue weighted by Gasteiger charge is 2.13. The van der Waals surface area contributed by atoms with E-state index >= 15 is 0 Å². The van der Waals surface area contributed by atoms with Crippen LogP contribution in [0.5, 0.6) is 0 Å². The van der Waals surface area contributed by atoms with E-state index in [9.17, 15) is 4.79 Å². The lowest BCUT2D eigenvalue weighted by molar-refractivity contribution is 0.241. The molecule has 0 radical (unpaired) electrons. The molecule has 2 aromatic carbocycles. The number of hydrogen-bond acceptors (Lipinski definition) is 5. The van der Waals surface area contributed by atoms with Crippen LogP contribution in [-0.2, 0) is 6.54 Å². The third kappa shape index (κ3) is 5.80. The molecule has 1 unspecified atom stereocenters. The number of hydrazine groups is 1. The van der Waals surface area contributed by atoms with Gasteiger partial charge in [-0.1, -0.05) is 57.2 Å². The van der Waals surface area contributed by atoms with E-state index in [0.717, 1.165) is 35.3 Å². The van der Waals surface area contributed by atoms with Crippen LogP contribution >= 0.6 is 11.3 Å². The van der Waals surface area contributed by atoms with Gasteiger partial charge in [0, 0.05) is 23.7 Å². The third-order valence-corrected chi connectivity index (χ3v) is 6.80.